The number of carbonyl (C=O) groups is 2. The lowest BCUT2D eigenvalue weighted by atomic mass is 9.86. The monoisotopic (exact) mass is 170 g/mol. The summed E-state index contributed by atoms with van der Waals surface area (Å²) in [7, 11) is 0. The number of hydrogen-bond acceptors (Lipinski definition) is 2. The molecule has 0 radical (unpaired) electrons. The van der Waals surface area contributed by atoms with Crippen molar-refractivity contribution in [3.8, 4) is 0 Å². The first kappa shape index (κ1) is 11.3. The lowest BCUT2D eigenvalue weighted by molar-refractivity contribution is -0.133. The van der Waals surface area contributed by atoms with Crippen molar-refractivity contribution in [2.45, 2.75) is 46.5 Å². The predicted molar refractivity (Wildman–Crippen MR) is 49.0 cm³/mol. The van der Waals surface area contributed by atoms with E-state index in [1.165, 1.54) is 6.92 Å². The SMILES string of the molecule is CC.CC(=O)C1CCCCC1=O. The van der Waals surface area contributed by atoms with Crippen molar-refractivity contribution < 1.29 is 9.59 Å². The zero-order chi connectivity index (χ0) is 9.56. The highest BCUT2D eigenvalue weighted by molar-refractivity contribution is 6.01. The van der Waals surface area contributed by atoms with Crippen LogP contribution in [0.5, 0.6) is 0 Å². The average Bonchev–Trinajstić information content (AvgIpc) is 2.08. The minimum atomic E-state index is -0.256. The topological polar surface area (TPSA) is 34.1 Å². The molecule has 1 aliphatic rings. The Kier molecular flexibility index (Phi) is 5.60. The lowest BCUT2D eigenvalue weighted by Gasteiger charge is -2.16. The molecule has 0 heterocycles. The molecule has 0 aliphatic heterocycles. The van der Waals surface area contributed by atoms with Crippen LogP contribution in [0.3, 0.4) is 0 Å². The number of ketones is 2. The maximum absolute atomic E-state index is 11.0. The van der Waals surface area contributed by atoms with Gasteiger partial charge in [0.25, 0.3) is 0 Å². The maximum Gasteiger partial charge on any atom is 0.143 e. The van der Waals surface area contributed by atoms with Crippen molar-refractivity contribution in [1.29, 1.82) is 0 Å². The standard InChI is InChI=1S/C8H12O2.C2H6/c1-6(9)7-4-2-3-5-8(7)10;1-2/h7H,2-5H2,1H3;1-2H3. The number of Topliss-reactive ketones (excluding diaryl/α,β-unsaturated/α-hetero) is 2. The Morgan fingerprint density at radius 2 is 1.92 bits per heavy atom. The summed E-state index contributed by atoms with van der Waals surface area (Å²) in [6, 6.07) is 0. The molecule has 1 fully saturated rings. The molecule has 1 atom stereocenters. The van der Waals surface area contributed by atoms with Crippen molar-refractivity contribution in [1.82, 2.24) is 0 Å². The first-order valence-corrected chi connectivity index (χ1v) is 4.75. The van der Waals surface area contributed by atoms with Crippen LogP contribution in [0.15, 0.2) is 0 Å². The van der Waals surface area contributed by atoms with E-state index in [1.807, 2.05) is 13.8 Å². The summed E-state index contributed by atoms with van der Waals surface area (Å²) in [5.74, 6) is -0.0581. The quantitative estimate of drug-likeness (QED) is 0.566. The van der Waals surface area contributed by atoms with Gasteiger partial charge in [0.15, 0.2) is 0 Å². The van der Waals surface area contributed by atoms with Crippen LogP contribution in [0.1, 0.15) is 46.5 Å². The van der Waals surface area contributed by atoms with Crippen molar-refractivity contribution in [3.63, 3.8) is 0 Å². The fourth-order valence-corrected chi connectivity index (χ4v) is 1.41. The van der Waals surface area contributed by atoms with E-state index in [9.17, 15) is 9.59 Å². The minimum absolute atomic E-state index is 0.0460. The average molecular weight is 170 g/mol. The molecule has 0 amide bonds. The molecule has 0 aromatic heterocycles. The Morgan fingerprint density at radius 3 is 2.25 bits per heavy atom. The van der Waals surface area contributed by atoms with Crippen LogP contribution in [0.25, 0.3) is 0 Å². The Labute approximate surface area is 74.3 Å². The first-order valence-electron chi connectivity index (χ1n) is 4.75. The highest BCUT2D eigenvalue weighted by atomic mass is 16.1. The molecule has 1 aliphatic carbocycles. The van der Waals surface area contributed by atoms with Gasteiger partial charge in [-0.2, -0.15) is 0 Å². The number of rotatable bonds is 1. The lowest BCUT2D eigenvalue weighted by Crippen LogP contribution is -2.24. The van der Waals surface area contributed by atoms with Gasteiger partial charge in [-0.15, -0.1) is 0 Å². The van der Waals surface area contributed by atoms with Crippen molar-refractivity contribution in [2.24, 2.45) is 5.92 Å². The summed E-state index contributed by atoms with van der Waals surface area (Å²) in [6.45, 7) is 5.51. The van der Waals surface area contributed by atoms with Crippen LogP contribution in [-0.4, -0.2) is 11.6 Å². The van der Waals surface area contributed by atoms with Crippen molar-refractivity contribution >= 4 is 11.6 Å². The second-order valence-electron chi connectivity index (χ2n) is 2.88. The summed E-state index contributed by atoms with van der Waals surface area (Å²) in [4.78, 5) is 21.8. The molecule has 0 saturated heterocycles. The zero-order valence-corrected chi connectivity index (χ0v) is 8.22. The van der Waals surface area contributed by atoms with Crippen LogP contribution in [0.4, 0.5) is 0 Å². The van der Waals surface area contributed by atoms with Crippen LogP contribution in [0, 0.1) is 5.92 Å². The number of hydrogen-bond donors (Lipinski definition) is 0. The van der Waals surface area contributed by atoms with Gasteiger partial charge in [0.2, 0.25) is 0 Å². The molecule has 70 valence electrons. The van der Waals surface area contributed by atoms with Gasteiger partial charge in [-0.1, -0.05) is 20.3 Å². The molecule has 1 unspecified atom stereocenters. The van der Waals surface area contributed by atoms with Crippen molar-refractivity contribution in [3.05, 3.63) is 0 Å². The molecule has 0 spiro atoms. The second kappa shape index (κ2) is 5.92. The smallest absolute Gasteiger partial charge is 0.143 e. The van der Waals surface area contributed by atoms with Gasteiger partial charge in [-0.3, -0.25) is 9.59 Å². The predicted octanol–water partition coefficient (Wildman–Crippen LogP) is 2.36. The Bertz CT molecular complexity index is 161. The highest BCUT2D eigenvalue weighted by Gasteiger charge is 2.25. The molecule has 0 N–H and O–H groups in total. The van der Waals surface area contributed by atoms with Gasteiger partial charge in [0.1, 0.15) is 11.6 Å². The maximum atomic E-state index is 11.0. The van der Waals surface area contributed by atoms with E-state index >= 15 is 0 Å². The van der Waals surface area contributed by atoms with Crippen LogP contribution in [0.2, 0.25) is 0 Å². The third kappa shape index (κ3) is 3.16. The summed E-state index contributed by atoms with van der Waals surface area (Å²) < 4.78 is 0. The normalized spacial score (nSPS) is 22.6. The molecular weight excluding hydrogens is 152 g/mol. The van der Waals surface area contributed by atoms with Crippen LogP contribution in [-0.2, 0) is 9.59 Å². The summed E-state index contributed by atoms with van der Waals surface area (Å²) in [5.41, 5.74) is 0. The molecule has 1 rings (SSSR count). The Morgan fingerprint density at radius 1 is 1.33 bits per heavy atom. The molecule has 0 aromatic rings. The van der Waals surface area contributed by atoms with Gasteiger partial charge in [0.05, 0.1) is 5.92 Å². The summed E-state index contributed by atoms with van der Waals surface area (Å²) in [5, 5.41) is 0. The van der Waals surface area contributed by atoms with E-state index in [0.717, 1.165) is 19.3 Å². The fourth-order valence-electron chi connectivity index (χ4n) is 1.41. The van der Waals surface area contributed by atoms with Gasteiger partial charge >= 0.3 is 0 Å². The molecular formula is C10H18O2. The molecule has 0 bridgehead atoms. The van der Waals surface area contributed by atoms with Gasteiger partial charge in [-0.25, -0.2) is 0 Å². The van der Waals surface area contributed by atoms with Gasteiger partial charge in [0, 0.05) is 6.42 Å². The van der Waals surface area contributed by atoms with Crippen molar-refractivity contribution in [2.75, 3.05) is 0 Å². The fraction of sp³-hybridized carbons (Fsp3) is 0.800. The summed E-state index contributed by atoms with van der Waals surface area (Å²) in [6.07, 6.45) is 3.41. The zero-order valence-electron chi connectivity index (χ0n) is 8.22. The summed E-state index contributed by atoms with van der Waals surface area (Å²) >= 11 is 0. The van der Waals surface area contributed by atoms with E-state index in [-0.39, 0.29) is 17.5 Å². The molecule has 1 saturated carbocycles. The highest BCUT2D eigenvalue weighted by Crippen LogP contribution is 2.20. The van der Waals surface area contributed by atoms with E-state index in [4.69, 9.17) is 0 Å². The van der Waals surface area contributed by atoms with E-state index in [0.29, 0.717) is 6.42 Å². The van der Waals surface area contributed by atoms with Crippen LogP contribution >= 0.6 is 0 Å². The molecule has 2 nitrogen and oxygen atoms in total. The van der Waals surface area contributed by atoms with Gasteiger partial charge < -0.3 is 0 Å². The first-order chi connectivity index (χ1) is 5.72. The third-order valence-electron chi connectivity index (χ3n) is 2.05. The van der Waals surface area contributed by atoms with E-state index in [1.54, 1.807) is 0 Å². The van der Waals surface area contributed by atoms with Gasteiger partial charge in [-0.05, 0) is 19.8 Å². The minimum Gasteiger partial charge on any atom is -0.299 e. The third-order valence-corrected chi connectivity index (χ3v) is 2.05. The Balaban J connectivity index is 0.000000561. The molecule has 2 heteroatoms. The Hall–Kier alpha value is -0.660. The second-order valence-corrected chi connectivity index (χ2v) is 2.88. The van der Waals surface area contributed by atoms with E-state index in [2.05, 4.69) is 0 Å². The van der Waals surface area contributed by atoms with Crippen LogP contribution < -0.4 is 0 Å². The number of carbonyl (C=O) groups excluding carboxylic acids is 2. The molecule has 0 aromatic carbocycles. The largest absolute Gasteiger partial charge is 0.299 e. The van der Waals surface area contributed by atoms with E-state index < -0.39 is 0 Å². The molecule has 12 heavy (non-hydrogen) atoms.